The van der Waals surface area contributed by atoms with Crippen LogP contribution in [0.25, 0.3) is 0 Å². The zero-order valence-corrected chi connectivity index (χ0v) is 14.4. The maximum absolute atomic E-state index is 11.9. The van der Waals surface area contributed by atoms with Crippen molar-refractivity contribution in [3.63, 3.8) is 0 Å². The Hall–Kier alpha value is -1.59. The minimum Gasteiger partial charge on any atom is -0.457 e. The summed E-state index contributed by atoms with van der Waals surface area (Å²) in [7, 11) is 0. The molecule has 0 amide bonds. The van der Waals surface area contributed by atoms with Crippen LogP contribution in [0.2, 0.25) is 0 Å². The molecule has 0 heterocycles. The summed E-state index contributed by atoms with van der Waals surface area (Å²) in [6, 6.07) is 14.9. The number of aryl methyl sites for hydroxylation is 1. The van der Waals surface area contributed by atoms with Gasteiger partial charge in [-0.2, -0.15) is 0 Å². The van der Waals surface area contributed by atoms with Gasteiger partial charge in [0.2, 0.25) is 0 Å². The van der Waals surface area contributed by atoms with E-state index in [4.69, 9.17) is 4.74 Å². The highest BCUT2D eigenvalue weighted by Gasteiger charge is 2.10. The van der Waals surface area contributed by atoms with Crippen molar-refractivity contribution in [1.82, 2.24) is 0 Å². The number of hydrogen-bond acceptors (Lipinski definition) is 4. The third kappa shape index (κ3) is 5.31. The second kappa shape index (κ2) is 8.15. The molecule has 0 fully saturated rings. The van der Waals surface area contributed by atoms with E-state index in [1.165, 1.54) is 11.8 Å². The molecule has 0 saturated carbocycles. The molecule has 3 nitrogen and oxygen atoms in total. The van der Waals surface area contributed by atoms with Gasteiger partial charge in [0.05, 0.1) is 5.75 Å². The van der Waals surface area contributed by atoms with Crippen LogP contribution in [0.4, 0.5) is 0 Å². The van der Waals surface area contributed by atoms with Crippen molar-refractivity contribution < 1.29 is 14.3 Å². The van der Waals surface area contributed by atoms with Crippen molar-refractivity contribution in [2.75, 3.05) is 12.4 Å². The summed E-state index contributed by atoms with van der Waals surface area (Å²) in [6.07, 6.45) is 0. The van der Waals surface area contributed by atoms with Gasteiger partial charge >= 0.3 is 5.97 Å². The molecule has 0 bridgehead atoms. The van der Waals surface area contributed by atoms with E-state index < -0.39 is 5.97 Å². The summed E-state index contributed by atoms with van der Waals surface area (Å²) in [5.74, 6) is -0.404. The Kier molecular flexibility index (Phi) is 6.21. The van der Waals surface area contributed by atoms with Crippen LogP contribution in [0.3, 0.4) is 0 Å². The Morgan fingerprint density at radius 3 is 2.32 bits per heavy atom. The second-order valence-corrected chi connectivity index (χ2v) is 6.66. The van der Waals surface area contributed by atoms with Gasteiger partial charge in [-0.15, -0.1) is 11.8 Å². The molecule has 22 heavy (non-hydrogen) atoms. The standard InChI is InChI=1S/C17H15BrO3S/c1-12-2-4-13(5-3-12)16(19)10-21-17(20)11-22-15-8-6-14(18)7-9-15/h2-9H,10-11H2,1H3. The van der Waals surface area contributed by atoms with E-state index in [9.17, 15) is 9.59 Å². The fraction of sp³-hybridized carbons (Fsp3) is 0.176. The number of thioether (sulfide) groups is 1. The SMILES string of the molecule is Cc1ccc(C(=O)COC(=O)CSc2ccc(Br)cc2)cc1. The third-order valence-electron chi connectivity index (χ3n) is 2.91. The van der Waals surface area contributed by atoms with Crippen molar-refractivity contribution in [1.29, 1.82) is 0 Å². The molecule has 2 rings (SSSR count). The monoisotopic (exact) mass is 378 g/mol. The highest BCUT2D eigenvalue weighted by Crippen LogP contribution is 2.20. The van der Waals surface area contributed by atoms with E-state index in [0.717, 1.165) is 14.9 Å². The van der Waals surface area contributed by atoms with E-state index in [0.29, 0.717) is 5.56 Å². The molecule has 0 aromatic heterocycles. The molecule has 0 aliphatic carbocycles. The van der Waals surface area contributed by atoms with Crippen molar-refractivity contribution >= 4 is 39.4 Å². The molecule has 0 aliphatic heterocycles. The maximum Gasteiger partial charge on any atom is 0.316 e. The lowest BCUT2D eigenvalue weighted by molar-refractivity contribution is -0.139. The van der Waals surface area contributed by atoms with Gasteiger partial charge in [0, 0.05) is 14.9 Å². The average molecular weight is 379 g/mol. The van der Waals surface area contributed by atoms with Crippen LogP contribution < -0.4 is 0 Å². The van der Waals surface area contributed by atoms with Crippen LogP contribution in [0.15, 0.2) is 57.9 Å². The fourth-order valence-electron chi connectivity index (χ4n) is 1.68. The average Bonchev–Trinajstić information content (AvgIpc) is 2.52. The Balaban J connectivity index is 1.76. The first-order valence-electron chi connectivity index (χ1n) is 6.68. The number of ether oxygens (including phenoxy) is 1. The lowest BCUT2D eigenvalue weighted by Gasteiger charge is -2.05. The van der Waals surface area contributed by atoms with Crippen molar-refractivity contribution in [3.8, 4) is 0 Å². The lowest BCUT2D eigenvalue weighted by Crippen LogP contribution is -2.15. The van der Waals surface area contributed by atoms with E-state index in [-0.39, 0.29) is 18.1 Å². The maximum atomic E-state index is 11.9. The van der Waals surface area contributed by atoms with E-state index in [1.54, 1.807) is 12.1 Å². The first-order valence-corrected chi connectivity index (χ1v) is 8.46. The topological polar surface area (TPSA) is 43.4 Å². The Morgan fingerprint density at radius 2 is 1.68 bits per heavy atom. The van der Waals surface area contributed by atoms with Crippen molar-refractivity contribution in [3.05, 3.63) is 64.1 Å². The van der Waals surface area contributed by atoms with Gasteiger partial charge in [-0.3, -0.25) is 9.59 Å². The van der Waals surface area contributed by atoms with Crippen LogP contribution in [0.1, 0.15) is 15.9 Å². The Labute approximate surface area is 142 Å². The van der Waals surface area contributed by atoms with E-state index in [2.05, 4.69) is 15.9 Å². The van der Waals surface area contributed by atoms with Gasteiger partial charge in [0.1, 0.15) is 0 Å². The van der Waals surface area contributed by atoms with Gasteiger partial charge < -0.3 is 4.74 Å². The molecular formula is C17H15BrO3S. The molecule has 0 radical (unpaired) electrons. The summed E-state index contributed by atoms with van der Waals surface area (Å²) >= 11 is 4.73. The Morgan fingerprint density at radius 1 is 1.05 bits per heavy atom. The van der Waals surface area contributed by atoms with Gasteiger partial charge in [0.25, 0.3) is 0 Å². The number of halogens is 1. The van der Waals surface area contributed by atoms with Crippen molar-refractivity contribution in [2.45, 2.75) is 11.8 Å². The predicted octanol–water partition coefficient (Wildman–Crippen LogP) is 4.28. The highest BCUT2D eigenvalue weighted by atomic mass is 79.9. The molecule has 114 valence electrons. The van der Waals surface area contributed by atoms with Crippen LogP contribution in [0.5, 0.6) is 0 Å². The Bertz CT molecular complexity index is 651. The molecule has 5 heteroatoms. The quantitative estimate of drug-likeness (QED) is 0.427. The highest BCUT2D eigenvalue weighted by molar-refractivity contribution is 9.10. The van der Waals surface area contributed by atoms with Gasteiger partial charge in [0.15, 0.2) is 12.4 Å². The normalized spacial score (nSPS) is 10.3. The number of carbonyl (C=O) groups is 2. The summed E-state index contributed by atoms with van der Waals surface area (Å²) in [5.41, 5.74) is 1.64. The van der Waals surface area contributed by atoms with Crippen LogP contribution in [-0.4, -0.2) is 24.1 Å². The summed E-state index contributed by atoms with van der Waals surface area (Å²) in [6.45, 7) is 1.73. The van der Waals surface area contributed by atoms with Gasteiger partial charge in [-0.25, -0.2) is 0 Å². The molecule has 0 unspecified atom stereocenters. The summed E-state index contributed by atoms with van der Waals surface area (Å²) < 4.78 is 6.00. The summed E-state index contributed by atoms with van der Waals surface area (Å²) in [5, 5.41) is 0. The summed E-state index contributed by atoms with van der Waals surface area (Å²) in [4.78, 5) is 24.5. The fourth-order valence-corrected chi connectivity index (χ4v) is 2.64. The molecule has 2 aromatic carbocycles. The van der Waals surface area contributed by atoms with Crippen LogP contribution in [0, 0.1) is 6.92 Å². The minimum atomic E-state index is -0.395. The van der Waals surface area contributed by atoms with E-state index in [1.807, 2.05) is 43.3 Å². The van der Waals surface area contributed by atoms with E-state index >= 15 is 0 Å². The molecule has 0 spiro atoms. The zero-order chi connectivity index (χ0) is 15.9. The number of benzene rings is 2. The number of esters is 1. The molecule has 0 N–H and O–H groups in total. The largest absolute Gasteiger partial charge is 0.457 e. The van der Waals surface area contributed by atoms with Gasteiger partial charge in [-0.05, 0) is 31.2 Å². The smallest absolute Gasteiger partial charge is 0.316 e. The molecule has 0 saturated heterocycles. The van der Waals surface area contributed by atoms with Crippen LogP contribution in [-0.2, 0) is 9.53 Å². The van der Waals surface area contributed by atoms with Crippen molar-refractivity contribution in [2.24, 2.45) is 0 Å². The number of Topliss-reactive ketones (excluding diaryl/α,β-unsaturated/α-hetero) is 1. The number of rotatable bonds is 6. The second-order valence-electron chi connectivity index (χ2n) is 4.69. The minimum absolute atomic E-state index is 0.183. The first kappa shape index (κ1) is 16.8. The first-order chi connectivity index (χ1) is 10.5. The lowest BCUT2D eigenvalue weighted by atomic mass is 10.1. The molecular weight excluding hydrogens is 364 g/mol. The zero-order valence-electron chi connectivity index (χ0n) is 12.0. The number of hydrogen-bond donors (Lipinski definition) is 0. The van der Waals surface area contributed by atoms with Crippen LogP contribution >= 0.6 is 27.7 Å². The molecule has 2 aromatic rings. The predicted molar refractivity (Wildman–Crippen MR) is 91.3 cm³/mol. The molecule has 0 aliphatic rings. The number of ketones is 1. The third-order valence-corrected chi connectivity index (χ3v) is 4.42. The van der Waals surface area contributed by atoms with Gasteiger partial charge in [-0.1, -0.05) is 45.8 Å². The number of carbonyl (C=O) groups excluding carboxylic acids is 2. The molecule has 0 atom stereocenters.